The Labute approximate surface area is 273 Å². The van der Waals surface area contributed by atoms with Gasteiger partial charge in [-0.15, -0.1) is 0 Å². The first-order valence-electron chi connectivity index (χ1n) is 14.9. The Balaban J connectivity index is 0.938. The number of carbonyl (C=O) groups is 4. The molecule has 2 heterocycles. The number of Topliss-reactive ketones (excluding diaryl/α,β-unsaturated/α-hetero) is 2. The van der Waals surface area contributed by atoms with Gasteiger partial charge in [0.1, 0.15) is 0 Å². The van der Waals surface area contributed by atoms with Crippen LogP contribution in [0.25, 0.3) is 21.8 Å². The molecule has 0 bridgehead atoms. The molecule has 0 unspecified atom stereocenters. The Morgan fingerprint density at radius 3 is 1.39 bits per heavy atom. The molecule has 2 amide bonds. The first kappa shape index (κ1) is 33.6. The van der Waals surface area contributed by atoms with Crippen molar-refractivity contribution in [3.63, 3.8) is 0 Å². The number of hydrogen-bond donors (Lipinski definition) is 6. The van der Waals surface area contributed by atoms with Gasteiger partial charge < -0.3 is 31.2 Å². The van der Waals surface area contributed by atoms with Gasteiger partial charge in [-0.1, -0.05) is 56.8 Å². The lowest BCUT2D eigenvalue weighted by atomic mass is 10.1. The first-order valence-corrected chi connectivity index (χ1v) is 16.5. The molecular weight excluding hydrogens is 692 g/mol. The third-order valence-corrected chi connectivity index (χ3v) is 8.26. The Kier molecular flexibility index (Phi) is 13.2. The van der Waals surface area contributed by atoms with Crippen molar-refractivity contribution in [2.75, 3.05) is 39.3 Å². The lowest BCUT2D eigenvalue weighted by Gasteiger charge is -2.07. The van der Waals surface area contributed by atoms with Crippen LogP contribution in [-0.4, -0.2) is 72.6 Å². The summed E-state index contributed by atoms with van der Waals surface area (Å²) in [5, 5.41) is 13.7. The van der Waals surface area contributed by atoms with Crippen LogP contribution in [0, 0.1) is 0 Å². The van der Waals surface area contributed by atoms with Gasteiger partial charge in [0.05, 0.1) is 11.1 Å². The maximum atomic E-state index is 12.5. The van der Waals surface area contributed by atoms with E-state index in [9.17, 15) is 19.2 Å². The number of aromatic amines is 2. The molecule has 0 aliphatic heterocycles. The largest absolute Gasteiger partial charge is 0.360 e. The third-order valence-electron chi connectivity index (χ3n) is 7.28. The fourth-order valence-corrected chi connectivity index (χ4v) is 5.63. The topological polar surface area (TPSA) is 148 Å². The molecular formula is C32H38Br2N6O4. The second-order valence-electron chi connectivity index (χ2n) is 10.6. The van der Waals surface area contributed by atoms with Crippen LogP contribution in [0.1, 0.15) is 59.2 Å². The Hall–Kier alpha value is -3.32. The first-order chi connectivity index (χ1) is 21.3. The maximum Gasteiger partial charge on any atom is 0.292 e. The fraction of sp³-hybridized carbons (Fsp3) is 0.375. The molecule has 0 atom stereocenters. The highest BCUT2D eigenvalue weighted by atomic mass is 79.9. The van der Waals surface area contributed by atoms with Crippen LogP contribution in [0.15, 0.2) is 57.7 Å². The van der Waals surface area contributed by atoms with Gasteiger partial charge in [-0.2, -0.15) is 0 Å². The molecule has 0 spiro atoms. The summed E-state index contributed by atoms with van der Waals surface area (Å²) in [6.45, 7) is 4.27. The summed E-state index contributed by atoms with van der Waals surface area (Å²) in [6, 6.07) is 11.1. The van der Waals surface area contributed by atoms with E-state index in [4.69, 9.17) is 0 Å². The fourth-order valence-electron chi connectivity index (χ4n) is 4.91. The van der Waals surface area contributed by atoms with Crippen LogP contribution < -0.4 is 21.3 Å². The zero-order valence-electron chi connectivity index (χ0n) is 24.5. The molecule has 4 aromatic rings. The number of amides is 2. The molecule has 10 nitrogen and oxygen atoms in total. The number of unbranched alkanes of at least 4 members (excludes halogenated alkanes) is 3. The Morgan fingerprint density at radius 1 is 0.545 bits per heavy atom. The monoisotopic (exact) mass is 728 g/mol. The van der Waals surface area contributed by atoms with E-state index in [1.54, 1.807) is 12.4 Å². The van der Waals surface area contributed by atoms with Crippen molar-refractivity contribution < 1.29 is 19.2 Å². The van der Waals surface area contributed by atoms with Gasteiger partial charge in [0.2, 0.25) is 0 Å². The predicted molar refractivity (Wildman–Crippen MR) is 180 cm³/mol. The number of hydrogen-bond acceptors (Lipinski definition) is 6. The molecule has 44 heavy (non-hydrogen) atoms. The minimum absolute atomic E-state index is 0.381. The van der Waals surface area contributed by atoms with E-state index in [-0.39, 0.29) is 0 Å². The average Bonchev–Trinajstić information content (AvgIpc) is 3.63. The number of H-pyrrole nitrogens is 2. The van der Waals surface area contributed by atoms with Gasteiger partial charge in [0, 0.05) is 56.2 Å². The van der Waals surface area contributed by atoms with E-state index in [1.165, 1.54) is 0 Å². The van der Waals surface area contributed by atoms with Crippen LogP contribution in [0.2, 0.25) is 0 Å². The smallest absolute Gasteiger partial charge is 0.292 e. The zero-order chi connectivity index (χ0) is 31.3. The number of benzene rings is 2. The van der Waals surface area contributed by atoms with Crippen molar-refractivity contribution in [2.45, 2.75) is 38.5 Å². The quantitative estimate of drug-likeness (QED) is 0.0455. The van der Waals surface area contributed by atoms with Crippen molar-refractivity contribution in [1.29, 1.82) is 0 Å². The molecule has 2 aromatic heterocycles. The molecule has 0 aliphatic rings. The highest BCUT2D eigenvalue weighted by Gasteiger charge is 2.20. The molecule has 0 saturated carbocycles. The van der Waals surface area contributed by atoms with E-state index < -0.39 is 23.4 Å². The number of halogens is 2. The Morgan fingerprint density at radius 2 is 0.955 bits per heavy atom. The molecule has 12 heteroatoms. The number of ketones is 2. The van der Waals surface area contributed by atoms with E-state index in [1.807, 2.05) is 36.4 Å². The van der Waals surface area contributed by atoms with E-state index >= 15 is 0 Å². The van der Waals surface area contributed by atoms with Gasteiger partial charge in [0.15, 0.2) is 0 Å². The number of aromatic nitrogens is 2. The highest BCUT2D eigenvalue weighted by molar-refractivity contribution is 9.10. The van der Waals surface area contributed by atoms with E-state index in [2.05, 4.69) is 63.1 Å². The van der Waals surface area contributed by atoms with Crippen molar-refractivity contribution in [3.8, 4) is 0 Å². The van der Waals surface area contributed by atoms with Gasteiger partial charge >= 0.3 is 0 Å². The predicted octanol–water partition coefficient (Wildman–Crippen LogP) is 4.99. The lowest BCUT2D eigenvalue weighted by Crippen LogP contribution is -2.33. The molecule has 0 fully saturated rings. The average molecular weight is 731 g/mol. The highest BCUT2D eigenvalue weighted by Crippen LogP contribution is 2.23. The van der Waals surface area contributed by atoms with Crippen LogP contribution in [0.3, 0.4) is 0 Å². The van der Waals surface area contributed by atoms with Crippen LogP contribution in [0.4, 0.5) is 0 Å². The summed E-state index contributed by atoms with van der Waals surface area (Å²) >= 11 is 6.80. The van der Waals surface area contributed by atoms with E-state index in [0.717, 1.165) is 95.5 Å². The van der Waals surface area contributed by atoms with Crippen molar-refractivity contribution in [3.05, 3.63) is 68.9 Å². The number of nitrogens with one attached hydrogen (secondary N) is 6. The third kappa shape index (κ3) is 9.59. The molecule has 0 radical (unpaired) electrons. The van der Waals surface area contributed by atoms with Crippen LogP contribution in [-0.2, 0) is 9.59 Å². The van der Waals surface area contributed by atoms with Crippen LogP contribution >= 0.6 is 31.9 Å². The summed E-state index contributed by atoms with van der Waals surface area (Å²) in [6.07, 6.45) is 9.07. The number of carbonyl (C=O) groups excluding carboxylic acids is 4. The molecule has 6 N–H and O–H groups in total. The summed E-state index contributed by atoms with van der Waals surface area (Å²) in [5.41, 5.74) is 2.37. The van der Waals surface area contributed by atoms with Crippen molar-refractivity contribution in [2.24, 2.45) is 0 Å². The Bertz CT molecular complexity index is 1480. The maximum absolute atomic E-state index is 12.5. The van der Waals surface area contributed by atoms with Gasteiger partial charge in [-0.25, -0.2) is 0 Å². The van der Waals surface area contributed by atoms with Crippen molar-refractivity contribution >= 4 is 77.0 Å². The summed E-state index contributed by atoms with van der Waals surface area (Å²) in [7, 11) is 0. The SMILES string of the molecule is O=C(NCCCNCCCCCCNCCCNC(=O)C(=O)c1c[nH]c2cc(Br)ccc12)C(=O)c1c[nH]c2cc(Br)ccc12. The minimum Gasteiger partial charge on any atom is -0.360 e. The molecule has 0 aliphatic carbocycles. The number of rotatable bonds is 19. The summed E-state index contributed by atoms with van der Waals surface area (Å²) in [4.78, 5) is 55.7. The van der Waals surface area contributed by atoms with Gasteiger partial charge in [0.25, 0.3) is 23.4 Å². The summed E-state index contributed by atoms with van der Waals surface area (Å²) < 4.78 is 1.80. The second kappa shape index (κ2) is 17.2. The van der Waals surface area contributed by atoms with Gasteiger partial charge in [-0.05, 0) is 76.1 Å². The van der Waals surface area contributed by atoms with Crippen molar-refractivity contribution in [1.82, 2.24) is 31.2 Å². The molecule has 2 aromatic carbocycles. The standard InChI is InChI=1S/C32H38Br2N6O4/c33-21-7-9-23-25(19-39-27(23)17-21)29(41)31(43)37-15-5-13-35-11-3-1-2-4-12-36-14-6-16-38-32(44)30(42)26-20-40-28-18-22(34)8-10-24(26)28/h7-10,17-20,35-36,39-40H,1-6,11-16H2,(H,37,43)(H,38,44). The molecule has 0 saturated heterocycles. The normalized spacial score (nSPS) is 11.2. The van der Waals surface area contributed by atoms with Crippen LogP contribution in [0.5, 0.6) is 0 Å². The zero-order valence-corrected chi connectivity index (χ0v) is 27.7. The summed E-state index contributed by atoms with van der Waals surface area (Å²) in [5.74, 6) is -2.24. The van der Waals surface area contributed by atoms with E-state index in [0.29, 0.717) is 24.2 Å². The van der Waals surface area contributed by atoms with Gasteiger partial charge in [-0.3, -0.25) is 19.2 Å². The molecule has 4 rings (SSSR count). The minimum atomic E-state index is -0.586. The molecule has 234 valence electrons. The second-order valence-corrected chi connectivity index (χ2v) is 12.4. The number of fused-ring (bicyclic) bond motifs is 2. The lowest BCUT2D eigenvalue weighted by molar-refractivity contribution is -0.117.